The number of ether oxygens (including phenoxy) is 1. The van der Waals surface area contributed by atoms with Crippen molar-refractivity contribution in [3.05, 3.63) is 88.0 Å². The van der Waals surface area contributed by atoms with Crippen LogP contribution in [0.15, 0.2) is 71.1 Å². The van der Waals surface area contributed by atoms with E-state index in [1.807, 2.05) is 66.7 Å². The SMILES string of the molecule is COc1ccc(C=Cc2cc(-c3ccccc3)[o+]c([N+](=O)[O-])c2)cc1. The second-order valence-electron chi connectivity index (χ2n) is 5.32. The quantitative estimate of drug-likeness (QED) is 0.360. The van der Waals surface area contributed by atoms with Gasteiger partial charge in [-0.2, -0.15) is 0 Å². The van der Waals surface area contributed by atoms with Gasteiger partial charge in [-0.25, -0.2) is 0 Å². The lowest BCUT2D eigenvalue weighted by molar-refractivity contribution is -0.402. The summed E-state index contributed by atoms with van der Waals surface area (Å²) in [6.45, 7) is 0. The van der Waals surface area contributed by atoms with E-state index >= 15 is 0 Å². The molecule has 0 unspecified atom stereocenters. The third-order valence-corrected chi connectivity index (χ3v) is 3.62. The molecule has 0 aliphatic rings. The molecule has 0 N–H and O–H groups in total. The van der Waals surface area contributed by atoms with Crippen molar-refractivity contribution in [2.75, 3.05) is 7.11 Å². The van der Waals surface area contributed by atoms with Crippen molar-refractivity contribution in [3.63, 3.8) is 0 Å². The van der Waals surface area contributed by atoms with E-state index in [4.69, 9.17) is 9.15 Å². The number of nitro groups is 1. The van der Waals surface area contributed by atoms with E-state index in [1.54, 1.807) is 13.2 Å². The zero-order chi connectivity index (χ0) is 17.6. The normalized spacial score (nSPS) is 10.8. The summed E-state index contributed by atoms with van der Waals surface area (Å²) in [6, 6.07) is 20.0. The smallest absolute Gasteiger partial charge is 0.497 e. The Morgan fingerprint density at radius 3 is 2.28 bits per heavy atom. The Labute approximate surface area is 145 Å². The molecular weight excluding hydrogens is 318 g/mol. The summed E-state index contributed by atoms with van der Waals surface area (Å²) in [6.07, 6.45) is 3.70. The molecule has 0 bridgehead atoms. The number of hydrogen-bond donors (Lipinski definition) is 0. The summed E-state index contributed by atoms with van der Waals surface area (Å²) in [5.41, 5.74) is 2.43. The summed E-state index contributed by atoms with van der Waals surface area (Å²) < 4.78 is 10.5. The van der Waals surface area contributed by atoms with E-state index in [0.29, 0.717) is 11.3 Å². The highest BCUT2D eigenvalue weighted by atomic mass is 16.6. The summed E-state index contributed by atoms with van der Waals surface area (Å²) >= 11 is 0. The second-order valence-corrected chi connectivity index (χ2v) is 5.32. The van der Waals surface area contributed by atoms with E-state index in [2.05, 4.69) is 0 Å². The van der Waals surface area contributed by atoms with Gasteiger partial charge >= 0.3 is 11.6 Å². The van der Waals surface area contributed by atoms with Crippen LogP contribution in [0, 0.1) is 10.1 Å². The van der Waals surface area contributed by atoms with Crippen LogP contribution < -0.4 is 4.74 Å². The first-order chi connectivity index (χ1) is 12.2. The van der Waals surface area contributed by atoms with E-state index in [0.717, 1.165) is 16.9 Å². The molecule has 0 aliphatic carbocycles. The third-order valence-electron chi connectivity index (χ3n) is 3.62. The van der Waals surface area contributed by atoms with Crippen molar-refractivity contribution in [2.45, 2.75) is 0 Å². The molecule has 0 fully saturated rings. The lowest BCUT2D eigenvalue weighted by atomic mass is 10.1. The van der Waals surface area contributed by atoms with Crippen LogP contribution in [0.4, 0.5) is 5.88 Å². The van der Waals surface area contributed by atoms with E-state index in [1.165, 1.54) is 6.07 Å². The first-order valence-electron chi connectivity index (χ1n) is 7.66. The number of methoxy groups -OCH3 is 1. The van der Waals surface area contributed by atoms with E-state index < -0.39 is 4.92 Å². The van der Waals surface area contributed by atoms with Crippen molar-refractivity contribution in [1.29, 1.82) is 0 Å². The summed E-state index contributed by atoms with van der Waals surface area (Å²) in [4.78, 5) is 10.6. The largest absolute Gasteiger partial charge is 0.651 e. The van der Waals surface area contributed by atoms with Crippen molar-refractivity contribution in [3.8, 4) is 17.1 Å². The zero-order valence-electron chi connectivity index (χ0n) is 13.6. The molecule has 3 aromatic rings. The summed E-state index contributed by atoms with van der Waals surface area (Å²) in [5, 5.41) is 11.2. The Morgan fingerprint density at radius 1 is 0.960 bits per heavy atom. The highest BCUT2D eigenvalue weighted by Crippen LogP contribution is 2.27. The molecule has 25 heavy (non-hydrogen) atoms. The van der Waals surface area contributed by atoms with Crippen molar-refractivity contribution < 1.29 is 14.1 Å². The molecule has 3 rings (SSSR count). The molecule has 124 valence electrons. The molecular formula is C20H16NO4+. The van der Waals surface area contributed by atoms with Gasteiger partial charge < -0.3 is 4.74 Å². The van der Waals surface area contributed by atoms with E-state index in [9.17, 15) is 10.1 Å². The summed E-state index contributed by atoms with van der Waals surface area (Å²) in [7, 11) is 1.61. The van der Waals surface area contributed by atoms with Gasteiger partial charge in [0.1, 0.15) is 11.8 Å². The molecule has 1 heterocycles. The summed E-state index contributed by atoms with van der Waals surface area (Å²) in [5.74, 6) is 0.928. The van der Waals surface area contributed by atoms with Crippen LogP contribution in [-0.2, 0) is 0 Å². The molecule has 0 aliphatic heterocycles. The fourth-order valence-electron chi connectivity index (χ4n) is 2.35. The Morgan fingerprint density at radius 2 is 1.64 bits per heavy atom. The molecule has 5 heteroatoms. The van der Waals surface area contributed by atoms with Gasteiger partial charge in [0, 0.05) is 5.56 Å². The van der Waals surface area contributed by atoms with Crippen LogP contribution in [0.5, 0.6) is 5.75 Å². The maximum Gasteiger partial charge on any atom is 0.651 e. The highest BCUT2D eigenvalue weighted by Gasteiger charge is 2.26. The van der Waals surface area contributed by atoms with Crippen LogP contribution >= 0.6 is 0 Å². The fraction of sp³-hybridized carbons (Fsp3) is 0.0500. The van der Waals surface area contributed by atoms with Crippen LogP contribution in [-0.4, -0.2) is 12.0 Å². The maximum atomic E-state index is 11.2. The van der Waals surface area contributed by atoms with Crippen LogP contribution in [0.25, 0.3) is 23.5 Å². The van der Waals surface area contributed by atoms with Gasteiger partial charge in [0.2, 0.25) is 0 Å². The molecule has 0 saturated heterocycles. The third kappa shape index (κ3) is 4.09. The molecule has 0 saturated carbocycles. The second kappa shape index (κ2) is 7.40. The first-order valence-corrected chi connectivity index (χ1v) is 7.66. The average Bonchev–Trinajstić information content (AvgIpc) is 2.67. The monoisotopic (exact) mass is 334 g/mol. The number of nitrogens with zero attached hydrogens (tertiary/aromatic N) is 1. The van der Waals surface area contributed by atoms with Crippen LogP contribution in [0.1, 0.15) is 11.1 Å². The lowest BCUT2D eigenvalue weighted by Crippen LogP contribution is -1.90. The lowest BCUT2D eigenvalue weighted by Gasteiger charge is -1.99. The number of benzene rings is 2. The Hall–Kier alpha value is -3.47. The minimum Gasteiger partial charge on any atom is -0.497 e. The minimum absolute atomic E-state index is 0.296. The molecule has 1 aromatic heterocycles. The first kappa shape index (κ1) is 16.4. The topological polar surface area (TPSA) is 63.7 Å². The van der Waals surface area contributed by atoms with Gasteiger partial charge in [-0.15, -0.1) is 4.42 Å². The molecule has 0 radical (unpaired) electrons. The van der Waals surface area contributed by atoms with Gasteiger partial charge in [-0.1, -0.05) is 42.5 Å². The Bertz CT molecular complexity index is 903. The van der Waals surface area contributed by atoms with Gasteiger partial charge in [0.25, 0.3) is 0 Å². The van der Waals surface area contributed by atoms with Gasteiger partial charge in [-0.05, 0) is 29.8 Å². The predicted octanol–water partition coefficient (Wildman–Crippen LogP) is 5.31. The zero-order valence-corrected chi connectivity index (χ0v) is 13.6. The van der Waals surface area contributed by atoms with Crippen LogP contribution in [0.2, 0.25) is 0 Å². The van der Waals surface area contributed by atoms with Crippen molar-refractivity contribution in [1.82, 2.24) is 0 Å². The standard InChI is InChI=1S/C20H16NO4/c1-24-18-11-9-15(10-12-18)7-8-16-13-19(17-5-3-2-4-6-17)25-20(14-16)21(22)23/h2-14H,1H3/q+1. The maximum absolute atomic E-state index is 11.2. The molecule has 0 spiro atoms. The number of rotatable bonds is 5. The Kier molecular flexibility index (Phi) is 4.85. The van der Waals surface area contributed by atoms with Crippen molar-refractivity contribution >= 4 is 18.0 Å². The molecule has 5 nitrogen and oxygen atoms in total. The Balaban J connectivity index is 1.95. The molecule has 0 amide bonds. The average molecular weight is 334 g/mol. The predicted molar refractivity (Wildman–Crippen MR) is 97.1 cm³/mol. The molecule has 2 aromatic carbocycles. The van der Waals surface area contributed by atoms with Crippen molar-refractivity contribution in [2.24, 2.45) is 0 Å². The molecule has 0 atom stereocenters. The van der Waals surface area contributed by atoms with Gasteiger partial charge in [0.15, 0.2) is 4.92 Å². The fourth-order valence-corrected chi connectivity index (χ4v) is 2.35. The van der Waals surface area contributed by atoms with Gasteiger partial charge in [0.05, 0.1) is 18.7 Å². The van der Waals surface area contributed by atoms with Gasteiger partial charge in [-0.3, -0.25) is 10.1 Å². The number of hydrogen-bond acceptors (Lipinski definition) is 3. The minimum atomic E-state index is -0.531. The van der Waals surface area contributed by atoms with E-state index in [-0.39, 0.29) is 5.88 Å². The van der Waals surface area contributed by atoms with Crippen LogP contribution in [0.3, 0.4) is 0 Å². The highest BCUT2D eigenvalue weighted by molar-refractivity contribution is 5.72.